The molecule has 2 aliphatic heterocycles. The first-order chi connectivity index (χ1) is 15.4. The highest BCUT2D eigenvalue weighted by Gasteiger charge is 2.49. The minimum Gasteiger partial charge on any atom is -0.462 e. The molecule has 168 valence electrons. The van der Waals surface area contributed by atoms with Crippen LogP contribution >= 0.6 is 11.8 Å². The van der Waals surface area contributed by atoms with Gasteiger partial charge >= 0.3 is 12.0 Å². The molecule has 0 aromatic heterocycles. The summed E-state index contributed by atoms with van der Waals surface area (Å²) >= 11 is 1.59. The number of piperidine rings is 1. The van der Waals surface area contributed by atoms with Gasteiger partial charge in [-0.25, -0.2) is 14.0 Å². The summed E-state index contributed by atoms with van der Waals surface area (Å²) in [6.07, 6.45) is 1.24. The fourth-order valence-corrected chi connectivity index (χ4v) is 5.38. The van der Waals surface area contributed by atoms with Crippen LogP contribution in [0.5, 0.6) is 0 Å². The molecule has 1 spiro atoms. The van der Waals surface area contributed by atoms with E-state index >= 15 is 0 Å². The van der Waals surface area contributed by atoms with Crippen molar-refractivity contribution in [2.24, 2.45) is 0 Å². The molecule has 0 aliphatic carbocycles. The Balaban J connectivity index is 1.38. The van der Waals surface area contributed by atoms with Gasteiger partial charge in [0.25, 0.3) is 0 Å². The number of nitrogens with one attached hydrogen (secondary N) is 1. The lowest BCUT2D eigenvalue weighted by Gasteiger charge is -2.43. The van der Waals surface area contributed by atoms with Gasteiger partial charge in [0.2, 0.25) is 5.91 Å². The van der Waals surface area contributed by atoms with Crippen LogP contribution in [0, 0.1) is 5.82 Å². The fourth-order valence-electron chi connectivity index (χ4n) is 4.06. The number of carbonyl (C=O) groups excluding carboxylic acids is 3. The summed E-state index contributed by atoms with van der Waals surface area (Å²) in [5.74, 6) is -0.373. The van der Waals surface area contributed by atoms with E-state index in [-0.39, 0.29) is 17.8 Å². The third-order valence-electron chi connectivity index (χ3n) is 5.69. The number of esters is 1. The zero-order chi connectivity index (χ0) is 22.7. The number of amides is 3. The smallest absolute Gasteiger partial charge is 0.338 e. The molecule has 3 amide bonds. The molecule has 0 bridgehead atoms. The molecule has 2 heterocycles. The largest absolute Gasteiger partial charge is 0.462 e. The van der Waals surface area contributed by atoms with Crippen molar-refractivity contribution in [2.45, 2.75) is 24.6 Å². The topological polar surface area (TPSA) is 79.0 Å². The minimum absolute atomic E-state index is 0.00111. The van der Waals surface area contributed by atoms with Crippen molar-refractivity contribution in [3.05, 3.63) is 59.9 Å². The van der Waals surface area contributed by atoms with Gasteiger partial charge in [-0.3, -0.25) is 9.69 Å². The monoisotopic (exact) mass is 457 g/mol. The zero-order valence-electron chi connectivity index (χ0n) is 17.7. The predicted molar refractivity (Wildman–Crippen MR) is 121 cm³/mol. The van der Waals surface area contributed by atoms with Crippen LogP contribution < -0.4 is 10.2 Å². The third kappa shape index (κ3) is 4.43. The molecule has 2 saturated heterocycles. The number of likely N-dealkylation sites (tertiary alicyclic amines) is 1. The second-order valence-electron chi connectivity index (χ2n) is 7.66. The molecule has 1 N–H and O–H groups in total. The molecule has 2 aliphatic rings. The summed E-state index contributed by atoms with van der Waals surface area (Å²) in [6, 6.07) is 12.3. The summed E-state index contributed by atoms with van der Waals surface area (Å²) in [4.78, 5) is 40.1. The molecule has 0 radical (unpaired) electrons. The van der Waals surface area contributed by atoms with Crippen molar-refractivity contribution in [3.63, 3.8) is 0 Å². The number of hydrogen-bond acceptors (Lipinski definition) is 5. The van der Waals surface area contributed by atoms with Crippen LogP contribution in [0.25, 0.3) is 0 Å². The summed E-state index contributed by atoms with van der Waals surface area (Å²) < 4.78 is 18.3. The number of hydrogen-bond donors (Lipinski definition) is 1. The lowest BCUT2D eigenvalue weighted by molar-refractivity contribution is -0.116. The van der Waals surface area contributed by atoms with E-state index in [2.05, 4.69) is 5.32 Å². The molecule has 9 heteroatoms. The summed E-state index contributed by atoms with van der Waals surface area (Å²) in [7, 11) is 0. The van der Waals surface area contributed by atoms with Gasteiger partial charge in [-0.1, -0.05) is 0 Å². The first kappa shape index (κ1) is 22.1. The third-order valence-corrected chi connectivity index (χ3v) is 7.20. The maximum atomic E-state index is 13.3. The van der Waals surface area contributed by atoms with Crippen molar-refractivity contribution < 1.29 is 23.5 Å². The summed E-state index contributed by atoms with van der Waals surface area (Å²) in [6.45, 7) is 3.03. The number of halogens is 1. The van der Waals surface area contributed by atoms with E-state index in [0.717, 1.165) is 0 Å². The van der Waals surface area contributed by atoms with Crippen LogP contribution in [0.1, 0.15) is 30.1 Å². The number of anilines is 2. The molecule has 0 atom stereocenters. The second kappa shape index (κ2) is 9.20. The van der Waals surface area contributed by atoms with Gasteiger partial charge in [0, 0.05) is 24.5 Å². The average molecular weight is 458 g/mol. The molecule has 0 saturated carbocycles. The molecule has 0 unspecified atom stereocenters. The number of nitrogens with zero attached hydrogens (tertiary/aromatic N) is 2. The predicted octanol–water partition coefficient (Wildman–Crippen LogP) is 4.11. The molecule has 2 aromatic carbocycles. The molecule has 2 aromatic rings. The highest BCUT2D eigenvalue weighted by atomic mass is 32.2. The van der Waals surface area contributed by atoms with E-state index in [1.807, 2.05) is 0 Å². The van der Waals surface area contributed by atoms with E-state index in [0.29, 0.717) is 55.2 Å². The van der Waals surface area contributed by atoms with Crippen molar-refractivity contribution in [3.8, 4) is 0 Å². The average Bonchev–Trinajstić information content (AvgIpc) is 3.11. The van der Waals surface area contributed by atoms with E-state index in [4.69, 9.17) is 4.74 Å². The summed E-state index contributed by atoms with van der Waals surface area (Å²) in [5.41, 5.74) is 1.69. The Labute approximate surface area is 189 Å². The Hall–Kier alpha value is -3.07. The number of urea groups is 1. The summed E-state index contributed by atoms with van der Waals surface area (Å²) in [5, 5.41) is 2.85. The highest BCUT2D eigenvalue weighted by molar-refractivity contribution is 8.02. The molecule has 7 nitrogen and oxygen atoms in total. The minimum atomic E-state index is -0.424. The molecular formula is C23H24FN3O4S. The SMILES string of the molecule is CCOC(=O)c1ccc(NC(=O)N2CCC3(CC2)SCC(=O)N3c2ccc(F)cc2)cc1. The Bertz CT molecular complexity index is 1000. The Morgan fingerprint density at radius 3 is 2.38 bits per heavy atom. The van der Waals surface area contributed by atoms with Crippen molar-refractivity contribution in [1.82, 2.24) is 4.90 Å². The van der Waals surface area contributed by atoms with Gasteiger partial charge in [0.1, 0.15) is 5.82 Å². The number of rotatable bonds is 4. The molecular weight excluding hydrogens is 433 g/mol. The van der Waals surface area contributed by atoms with Gasteiger partial charge in [0.15, 0.2) is 0 Å². The number of benzene rings is 2. The van der Waals surface area contributed by atoms with Gasteiger partial charge in [-0.15, -0.1) is 11.8 Å². The molecule has 32 heavy (non-hydrogen) atoms. The van der Waals surface area contributed by atoms with Crippen molar-refractivity contribution in [1.29, 1.82) is 0 Å². The van der Waals surface area contributed by atoms with E-state index in [9.17, 15) is 18.8 Å². The lowest BCUT2D eigenvalue weighted by atomic mass is 10.0. The van der Waals surface area contributed by atoms with Crippen LogP contribution in [0.4, 0.5) is 20.6 Å². The number of carbonyl (C=O) groups is 3. The lowest BCUT2D eigenvalue weighted by Crippen LogP contribution is -2.53. The Kier molecular flexibility index (Phi) is 6.36. The Morgan fingerprint density at radius 2 is 1.75 bits per heavy atom. The van der Waals surface area contributed by atoms with Crippen LogP contribution in [-0.2, 0) is 9.53 Å². The van der Waals surface area contributed by atoms with Gasteiger partial charge in [0.05, 0.1) is 22.8 Å². The maximum Gasteiger partial charge on any atom is 0.338 e. The second-order valence-corrected chi connectivity index (χ2v) is 8.99. The van der Waals surface area contributed by atoms with Crippen LogP contribution in [0.2, 0.25) is 0 Å². The number of ether oxygens (including phenoxy) is 1. The van der Waals surface area contributed by atoms with Gasteiger partial charge in [-0.2, -0.15) is 0 Å². The normalized spacial score (nSPS) is 17.5. The standard InChI is InChI=1S/C23H24FN3O4S/c1-2-31-21(29)16-3-7-18(8-4-16)25-22(30)26-13-11-23(12-14-26)27(20(28)15-32-23)19-9-5-17(24)6-10-19/h3-10H,2,11-15H2,1H3,(H,25,30). The van der Waals surface area contributed by atoms with E-state index in [1.165, 1.54) is 12.1 Å². The van der Waals surface area contributed by atoms with Crippen molar-refractivity contribution >= 4 is 41.0 Å². The highest BCUT2D eigenvalue weighted by Crippen LogP contribution is 2.46. The van der Waals surface area contributed by atoms with Crippen LogP contribution in [0.3, 0.4) is 0 Å². The fraction of sp³-hybridized carbons (Fsp3) is 0.348. The van der Waals surface area contributed by atoms with Crippen LogP contribution in [0.15, 0.2) is 48.5 Å². The van der Waals surface area contributed by atoms with E-state index in [1.54, 1.807) is 64.9 Å². The molecule has 2 fully saturated rings. The quantitative estimate of drug-likeness (QED) is 0.699. The van der Waals surface area contributed by atoms with Gasteiger partial charge < -0.3 is 15.0 Å². The van der Waals surface area contributed by atoms with E-state index < -0.39 is 10.8 Å². The first-order valence-corrected chi connectivity index (χ1v) is 11.5. The molecule has 4 rings (SSSR count). The van der Waals surface area contributed by atoms with Crippen molar-refractivity contribution in [2.75, 3.05) is 35.7 Å². The maximum absolute atomic E-state index is 13.3. The Morgan fingerprint density at radius 1 is 1.09 bits per heavy atom. The number of thioether (sulfide) groups is 1. The first-order valence-electron chi connectivity index (χ1n) is 10.5. The van der Waals surface area contributed by atoms with Crippen LogP contribution in [-0.4, -0.2) is 53.1 Å². The van der Waals surface area contributed by atoms with Gasteiger partial charge in [-0.05, 0) is 68.3 Å². The zero-order valence-corrected chi connectivity index (χ0v) is 18.5.